The molecule has 0 aliphatic heterocycles. The van der Waals surface area contributed by atoms with E-state index >= 15 is 0 Å². The molecular formula is C20H21N3O2S2. The number of aryl methyl sites for hydroxylation is 1. The second kappa shape index (κ2) is 9.10. The van der Waals surface area contributed by atoms with Crippen LogP contribution in [0.1, 0.15) is 41.9 Å². The van der Waals surface area contributed by atoms with Gasteiger partial charge in [-0.25, -0.2) is 9.97 Å². The van der Waals surface area contributed by atoms with Crippen molar-refractivity contribution in [1.82, 2.24) is 9.97 Å². The maximum atomic E-state index is 12.5. The molecule has 140 valence electrons. The van der Waals surface area contributed by atoms with E-state index in [0.717, 1.165) is 28.1 Å². The lowest BCUT2D eigenvalue weighted by molar-refractivity contribution is -0.116. The lowest BCUT2D eigenvalue weighted by atomic mass is 10.1. The van der Waals surface area contributed by atoms with Crippen LogP contribution in [0.2, 0.25) is 0 Å². The predicted octanol–water partition coefficient (Wildman–Crippen LogP) is 4.97. The zero-order valence-corrected chi connectivity index (χ0v) is 17.0. The Morgan fingerprint density at radius 2 is 1.93 bits per heavy atom. The lowest BCUT2D eigenvalue weighted by Gasteiger charge is -2.06. The standard InChI is InChI=1S/C20H21N3O2S2/c1-3-5-18(25)23-14-8-6-13(7-9-14)17(24)11-26-19-16-10-15(4-2)27-20(16)22-12-21-19/h6-10,12H,3-5,11H2,1-2H3,(H,23,25). The first-order valence-electron chi connectivity index (χ1n) is 8.90. The third kappa shape index (κ3) is 4.93. The number of nitrogens with zero attached hydrogens (tertiary/aromatic N) is 2. The summed E-state index contributed by atoms with van der Waals surface area (Å²) in [6.07, 6.45) is 3.82. The first-order chi connectivity index (χ1) is 13.1. The van der Waals surface area contributed by atoms with E-state index in [9.17, 15) is 9.59 Å². The van der Waals surface area contributed by atoms with Gasteiger partial charge >= 0.3 is 0 Å². The molecule has 1 N–H and O–H groups in total. The third-order valence-corrected chi connectivity index (χ3v) is 6.19. The number of thiophene rings is 1. The van der Waals surface area contributed by atoms with Gasteiger partial charge in [0.1, 0.15) is 16.2 Å². The van der Waals surface area contributed by atoms with Crippen molar-refractivity contribution >= 4 is 50.7 Å². The maximum Gasteiger partial charge on any atom is 0.224 e. The van der Waals surface area contributed by atoms with Gasteiger partial charge in [0.05, 0.1) is 5.75 Å². The molecule has 3 aromatic rings. The Hall–Kier alpha value is -2.25. The molecule has 0 atom stereocenters. The molecule has 0 unspecified atom stereocenters. The molecule has 0 spiro atoms. The Morgan fingerprint density at radius 1 is 1.15 bits per heavy atom. The smallest absolute Gasteiger partial charge is 0.224 e. The highest BCUT2D eigenvalue weighted by Gasteiger charge is 2.12. The zero-order chi connectivity index (χ0) is 19.2. The van der Waals surface area contributed by atoms with Crippen LogP contribution >= 0.6 is 23.1 Å². The molecule has 7 heteroatoms. The largest absolute Gasteiger partial charge is 0.326 e. The summed E-state index contributed by atoms with van der Waals surface area (Å²) in [6.45, 7) is 4.08. The second-order valence-corrected chi connectivity index (χ2v) is 8.13. The molecule has 0 saturated carbocycles. The Kier molecular flexibility index (Phi) is 6.58. The monoisotopic (exact) mass is 399 g/mol. The number of aromatic nitrogens is 2. The molecule has 5 nitrogen and oxygen atoms in total. The molecule has 1 amide bonds. The fourth-order valence-electron chi connectivity index (χ4n) is 2.58. The number of nitrogens with one attached hydrogen (secondary N) is 1. The predicted molar refractivity (Wildman–Crippen MR) is 112 cm³/mol. The van der Waals surface area contributed by atoms with Crippen LogP contribution < -0.4 is 5.32 Å². The van der Waals surface area contributed by atoms with Crippen molar-refractivity contribution in [3.63, 3.8) is 0 Å². The highest BCUT2D eigenvalue weighted by Crippen LogP contribution is 2.31. The Bertz CT molecular complexity index is 952. The van der Waals surface area contributed by atoms with Crippen molar-refractivity contribution < 1.29 is 9.59 Å². The minimum atomic E-state index is -0.0119. The highest BCUT2D eigenvalue weighted by molar-refractivity contribution is 8.00. The summed E-state index contributed by atoms with van der Waals surface area (Å²) in [5.41, 5.74) is 1.33. The van der Waals surface area contributed by atoms with Crippen LogP contribution in [-0.4, -0.2) is 27.4 Å². The number of Topliss-reactive ketones (excluding diaryl/α,β-unsaturated/α-hetero) is 1. The van der Waals surface area contributed by atoms with E-state index in [0.29, 0.717) is 23.4 Å². The molecule has 0 bridgehead atoms. The van der Waals surface area contributed by atoms with Crippen LogP contribution in [-0.2, 0) is 11.2 Å². The average Bonchev–Trinajstić information content (AvgIpc) is 3.11. The van der Waals surface area contributed by atoms with Gasteiger partial charge in [-0.05, 0) is 43.2 Å². The van der Waals surface area contributed by atoms with E-state index in [4.69, 9.17) is 0 Å². The number of amides is 1. The van der Waals surface area contributed by atoms with Gasteiger partial charge in [0.2, 0.25) is 5.91 Å². The number of carbonyl (C=O) groups excluding carboxylic acids is 2. The Morgan fingerprint density at radius 3 is 2.63 bits per heavy atom. The van der Waals surface area contributed by atoms with Crippen molar-refractivity contribution in [2.75, 3.05) is 11.1 Å². The normalized spacial score (nSPS) is 10.9. The molecule has 27 heavy (non-hydrogen) atoms. The molecule has 1 aromatic carbocycles. The minimum absolute atomic E-state index is 0.0119. The molecular weight excluding hydrogens is 378 g/mol. The van der Waals surface area contributed by atoms with Gasteiger partial charge in [0.15, 0.2) is 5.78 Å². The van der Waals surface area contributed by atoms with Crippen molar-refractivity contribution in [1.29, 1.82) is 0 Å². The molecule has 0 saturated heterocycles. The molecule has 3 rings (SSSR count). The number of anilines is 1. The van der Waals surface area contributed by atoms with Crippen LogP contribution in [0, 0.1) is 0 Å². The summed E-state index contributed by atoms with van der Waals surface area (Å²) in [4.78, 5) is 35.0. The van der Waals surface area contributed by atoms with Crippen LogP contribution in [0.5, 0.6) is 0 Å². The van der Waals surface area contributed by atoms with Gasteiger partial charge in [-0.3, -0.25) is 9.59 Å². The number of hydrogen-bond donors (Lipinski definition) is 1. The third-order valence-electron chi connectivity index (χ3n) is 4.00. The summed E-state index contributed by atoms with van der Waals surface area (Å²) in [7, 11) is 0. The topological polar surface area (TPSA) is 72.0 Å². The summed E-state index contributed by atoms with van der Waals surface area (Å²) in [6, 6.07) is 9.14. The van der Waals surface area contributed by atoms with Gasteiger partial charge in [-0.2, -0.15) is 0 Å². The molecule has 0 fully saturated rings. The van der Waals surface area contributed by atoms with E-state index in [1.807, 2.05) is 6.92 Å². The summed E-state index contributed by atoms with van der Waals surface area (Å²) in [5, 5.41) is 4.68. The van der Waals surface area contributed by atoms with E-state index < -0.39 is 0 Å². The van der Waals surface area contributed by atoms with Crippen LogP contribution in [0.3, 0.4) is 0 Å². The molecule has 2 aromatic heterocycles. The van der Waals surface area contributed by atoms with E-state index in [-0.39, 0.29) is 11.7 Å². The Balaban J connectivity index is 1.64. The molecule has 2 heterocycles. The minimum Gasteiger partial charge on any atom is -0.326 e. The lowest BCUT2D eigenvalue weighted by Crippen LogP contribution is -2.10. The second-order valence-electron chi connectivity index (χ2n) is 6.05. The van der Waals surface area contributed by atoms with Crippen molar-refractivity contribution in [2.45, 2.75) is 38.1 Å². The Labute approximate surface area is 166 Å². The summed E-state index contributed by atoms with van der Waals surface area (Å²) >= 11 is 3.10. The number of hydrogen-bond acceptors (Lipinski definition) is 6. The van der Waals surface area contributed by atoms with Crippen LogP contribution in [0.15, 0.2) is 41.7 Å². The first-order valence-corrected chi connectivity index (χ1v) is 10.7. The fraction of sp³-hybridized carbons (Fsp3) is 0.300. The van der Waals surface area contributed by atoms with Gasteiger partial charge in [0.25, 0.3) is 0 Å². The maximum absolute atomic E-state index is 12.5. The number of benzene rings is 1. The zero-order valence-electron chi connectivity index (χ0n) is 15.3. The van der Waals surface area contributed by atoms with Crippen LogP contribution in [0.4, 0.5) is 5.69 Å². The van der Waals surface area contributed by atoms with Gasteiger partial charge < -0.3 is 5.32 Å². The summed E-state index contributed by atoms with van der Waals surface area (Å²) in [5.74, 6) is 0.330. The van der Waals surface area contributed by atoms with Crippen molar-refractivity contribution in [2.24, 2.45) is 0 Å². The van der Waals surface area contributed by atoms with E-state index in [1.165, 1.54) is 16.6 Å². The van der Waals surface area contributed by atoms with Crippen molar-refractivity contribution in [3.8, 4) is 0 Å². The average molecular weight is 400 g/mol. The number of ketones is 1. The highest BCUT2D eigenvalue weighted by atomic mass is 32.2. The first kappa shape index (κ1) is 19.5. The quantitative estimate of drug-likeness (QED) is 0.329. The number of fused-ring (bicyclic) bond motifs is 1. The van der Waals surface area contributed by atoms with Crippen molar-refractivity contribution in [3.05, 3.63) is 47.1 Å². The van der Waals surface area contributed by atoms with Crippen LogP contribution in [0.25, 0.3) is 10.2 Å². The van der Waals surface area contributed by atoms with Gasteiger partial charge in [-0.1, -0.05) is 25.6 Å². The number of carbonyl (C=O) groups is 2. The molecule has 0 radical (unpaired) electrons. The van der Waals surface area contributed by atoms with Gasteiger partial charge in [0, 0.05) is 27.9 Å². The summed E-state index contributed by atoms with van der Waals surface area (Å²) < 4.78 is 0. The number of rotatable bonds is 8. The fourth-order valence-corrected chi connectivity index (χ4v) is 4.45. The SMILES string of the molecule is CCCC(=O)Nc1ccc(C(=O)CSc2ncnc3sc(CC)cc23)cc1. The molecule has 0 aliphatic carbocycles. The van der Waals surface area contributed by atoms with E-state index in [2.05, 4.69) is 28.3 Å². The number of thioether (sulfide) groups is 1. The van der Waals surface area contributed by atoms with Gasteiger partial charge in [-0.15, -0.1) is 11.3 Å². The molecule has 0 aliphatic rings. The van der Waals surface area contributed by atoms with E-state index in [1.54, 1.807) is 41.9 Å².